The summed E-state index contributed by atoms with van der Waals surface area (Å²) in [4.78, 5) is 0. The Bertz CT molecular complexity index is 92.4. The van der Waals surface area contributed by atoms with Crippen LogP contribution in [0, 0.1) is 11.5 Å². The topological polar surface area (TPSA) is 35.8 Å². The average Bonchev–Trinajstić information content (AvgIpc) is 1.69. The Morgan fingerprint density at radius 3 is 3.00 bits per heavy atom. The molecular weight excluding hydrogens is 112 g/mol. The molecule has 0 fully saturated rings. The fourth-order valence-electron chi connectivity index (χ4n) is 0.141. The zero-order chi connectivity index (χ0) is 5.54. The van der Waals surface area contributed by atoms with Crippen LogP contribution < -0.4 is 5.32 Å². The summed E-state index contributed by atoms with van der Waals surface area (Å²) in [5.41, 5.74) is 0. The van der Waals surface area contributed by atoms with E-state index in [9.17, 15) is 0 Å². The first-order valence-electron chi connectivity index (χ1n) is 1.77. The van der Waals surface area contributed by atoms with Gasteiger partial charge in [0.2, 0.25) is 0 Å². The smallest absolute Gasteiger partial charge is 0.180 e. The number of hydrogen-bond acceptors (Lipinski definition) is 2. The van der Waals surface area contributed by atoms with Crippen LogP contribution in [0.25, 0.3) is 0 Å². The number of hydrogen-bond donors (Lipinski definition) is 1. The van der Waals surface area contributed by atoms with Crippen LogP contribution in [0.2, 0.25) is 0 Å². The van der Waals surface area contributed by atoms with Gasteiger partial charge in [-0.1, -0.05) is 6.08 Å². The van der Waals surface area contributed by atoms with Gasteiger partial charge in [0.1, 0.15) is 0 Å². The van der Waals surface area contributed by atoms with Gasteiger partial charge in [0, 0.05) is 12.1 Å². The molecular formula is C4H5ClN2. The van der Waals surface area contributed by atoms with E-state index >= 15 is 0 Å². The molecule has 3 heteroatoms. The van der Waals surface area contributed by atoms with E-state index in [1.165, 1.54) is 6.20 Å². The summed E-state index contributed by atoms with van der Waals surface area (Å²) in [6, 6.07) is 0. The van der Waals surface area contributed by atoms with E-state index in [-0.39, 0.29) is 0 Å². The molecule has 0 aromatic heterocycles. The number of halogens is 1. The molecule has 0 saturated heterocycles. The minimum absolute atomic E-state index is 0.439. The molecule has 0 spiro atoms. The highest BCUT2D eigenvalue weighted by Crippen LogP contribution is 1.72. The zero-order valence-corrected chi connectivity index (χ0v) is 4.44. The molecule has 38 valence electrons. The monoisotopic (exact) mass is 116 g/mol. The van der Waals surface area contributed by atoms with Gasteiger partial charge in [-0.15, -0.1) is 11.6 Å². The molecule has 0 unspecified atom stereocenters. The molecule has 0 heterocycles. The van der Waals surface area contributed by atoms with E-state index in [4.69, 9.17) is 16.9 Å². The standard InChI is InChI=1S/C4H5ClN2/c5-2-1-3-7-4-6/h1,3,7H,2H2. The van der Waals surface area contributed by atoms with Crippen molar-refractivity contribution in [3.8, 4) is 6.19 Å². The van der Waals surface area contributed by atoms with Gasteiger partial charge < -0.3 is 5.32 Å². The van der Waals surface area contributed by atoms with Crippen LogP contribution in [-0.2, 0) is 0 Å². The number of alkyl halides is 1. The van der Waals surface area contributed by atoms with Crippen LogP contribution in [0.15, 0.2) is 12.3 Å². The van der Waals surface area contributed by atoms with Crippen molar-refractivity contribution in [3.05, 3.63) is 12.3 Å². The molecule has 0 aliphatic heterocycles. The summed E-state index contributed by atoms with van der Waals surface area (Å²) < 4.78 is 0. The lowest BCUT2D eigenvalue weighted by Crippen LogP contribution is -1.89. The van der Waals surface area contributed by atoms with Crippen LogP contribution in [0.1, 0.15) is 0 Å². The highest BCUT2D eigenvalue weighted by Gasteiger charge is 1.63. The van der Waals surface area contributed by atoms with Gasteiger partial charge in [-0.2, -0.15) is 5.26 Å². The summed E-state index contributed by atoms with van der Waals surface area (Å²) in [5.74, 6) is 0.439. The van der Waals surface area contributed by atoms with Gasteiger partial charge in [-0.25, -0.2) is 0 Å². The highest BCUT2D eigenvalue weighted by atomic mass is 35.5. The SMILES string of the molecule is N#CNC=CCCl. The van der Waals surface area contributed by atoms with Crippen molar-refractivity contribution in [2.75, 3.05) is 5.88 Å². The van der Waals surface area contributed by atoms with E-state index in [0.717, 1.165) is 0 Å². The predicted octanol–water partition coefficient (Wildman–Crippen LogP) is 0.810. The molecule has 1 N–H and O–H groups in total. The second kappa shape index (κ2) is 5.32. The van der Waals surface area contributed by atoms with E-state index in [0.29, 0.717) is 5.88 Å². The lowest BCUT2D eigenvalue weighted by Gasteiger charge is -1.75. The number of nitrogens with one attached hydrogen (secondary N) is 1. The van der Waals surface area contributed by atoms with Gasteiger partial charge in [-0.3, -0.25) is 0 Å². The second-order valence-corrected chi connectivity index (χ2v) is 1.12. The van der Waals surface area contributed by atoms with E-state index < -0.39 is 0 Å². The Morgan fingerprint density at radius 2 is 2.57 bits per heavy atom. The van der Waals surface area contributed by atoms with Crippen molar-refractivity contribution in [3.63, 3.8) is 0 Å². The van der Waals surface area contributed by atoms with Crippen molar-refractivity contribution in [1.82, 2.24) is 5.32 Å². The lowest BCUT2D eigenvalue weighted by molar-refractivity contribution is 1.19. The Labute approximate surface area is 47.4 Å². The van der Waals surface area contributed by atoms with Crippen molar-refractivity contribution < 1.29 is 0 Å². The van der Waals surface area contributed by atoms with Crippen molar-refractivity contribution in [1.29, 1.82) is 5.26 Å². The number of allylic oxidation sites excluding steroid dienone is 1. The molecule has 0 saturated carbocycles. The Kier molecular flexibility index (Phi) is 4.80. The first-order valence-corrected chi connectivity index (χ1v) is 2.31. The van der Waals surface area contributed by atoms with Crippen LogP contribution in [0.3, 0.4) is 0 Å². The second-order valence-electron chi connectivity index (χ2n) is 0.813. The zero-order valence-electron chi connectivity index (χ0n) is 3.69. The molecule has 0 aromatic rings. The van der Waals surface area contributed by atoms with Gasteiger partial charge in [-0.05, 0) is 0 Å². The first kappa shape index (κ1) is 6.32. The summed E-state index contributed by atoms with van der Waals surface area (Å²) in [6.45, 7) is 0. The molecule has 0 atom stereocenters. The lowest BCUT2D eigenvalue weighted by atomic mass is 10.7. The van der Waals surface area contributed by atoms with Crippen molar-refractivity contribution in [2.24, 2.45) is 0 Å². The normalized spacial score (nSPS) is 8.57. The number of nitriles is 1. The van der Waals surface area contributed by atoms with E-state index in [1.807, 2.05) is 0 Å². The third-order valence-electron chi connectivity index (χ3n) is 0.355. The largest absolute Gasteiger partial charge is 0.300 e. The molecule has 0 radical (unpaired) electrons. The minimum atomic E-state index is 0.439. The Balaban J connectivity index is 2.97. The predicted molar refractivity (Wildman–Crippen MR) is 28.6 cm³/mol. The summed E-state index contributed by atoms with van der Waals surface area (Å²) in [6.07, 6.45) is 4.84. The van der Waals surface area contributed by atoms with Gasteiger partial charge in [0.05, 0.1) is 0 Å². The molecule has 0 aliphatic rings. The molecule has 2 nitrogen and oxygen atoms in total. The van der Waals surface area contributed by atoms with Gasteiger partial charge in [0.25, 0.3) is 0 Å². The molecule has 0 aromatic carbocycles. The van der Waals surface area contributed by atoms with Gasteiger partial charge >= 0.3 is 0 Å². The fourth-order valence-corrected chi connectivity index (χ4v) is 0.230. The molecule has 0 bridgehead atoms. The van der Waals surface area contributed by atoms with E-state index in [1.54, 1.807) is 12.3 Å². The van der Waals surface area contributed by atoms with E-state index in [2.05, 4.69) is 5.32 Å². The fraction of sp³-hybridized carbons (Fsp3) is 0.250. The highest BCUT2D eigenvalue weighted by molar-refractivity contribution is 6.18. The van der Waals surface area contributed by atoms with Crippen LogP contribution in [0.5, 0.6) is 0 Å². The molecule has 7 heavy (non-hydrogen) atoms. The van der Waals surface area contributed by atoms with Crippen molar-refractivity contribution >= 4 is 11.6 Å². The maximum Gasteiger partial charge on any atom is 0.180 e. The first-order chi connectivity index (χ1) is 3.41. The van der Waals surface area contributed by atoms with Crippen LogP contribution >= 0.6 is 11.6 Å². The Hall–Kier alpha value is -0.680. The third kappa shape index (κ3) is 5.32. The summed E-state index contributed by atoms with van der Waals surface area (Å²) in [5, 5.41) is 10.1. The van der Waals surface area contributed by atoms with Gasteiger partial charge in [0.15, 0.2) is 6.19 Å². The quantitative estimate of drug-likeness (QED) is 0.329. The average molecular weight is 117 g/mol. The minimum Gasteiger partial charge on any atom is -0.300 e. The molecule has 0 aliphatic carbocycles. The summed E-state index contributed by atoms with van der Waals surface area (Å²) in [7, 11) is 0. The number of nitrogens with zero attached hydrogens (tertiary/aromatic N) is 1. The maximum atomic E-state index is 7.84. The third-order valence-corrected chi connectivity index (χ3v) is 0.533. The number of rotatable bonds is 2. The van der Waals surface area contributed by atoms with Crippen LogP contribution in [-0.4, -0.2) is 5.88 Å². The summed E-state index contributed by atoms with van der Waals surface area (Å²) >= 11 is 5.20. The van der Waals surface area contributed by atoms with Crippen LogP contribution in [0.4, 0.5) is 0 Å². The Morgan fingerprint density at radius 1 is 1.86 bits per heavy atom. The molecule has 0 amide bonds. The van der Waals surface area contributed by atoms with Crippen molar-refractivity contribution in [2.45, 2.75) is 0 Å². The maximum absolute atomic E-state index is 7.84. The molecule has 0 rings (SSSR count).